The van der Waals surface area contributed by atoms with E-state index < -0.39 is 0 Å². The second kappa shape index (κ2) is 3.12. The molecule has 0 N–H and O–H groups in total. The summed E-state index contributed by atoms with van der Waals surface area (Å²) in [6.07, 6.45) is 3.68. The van der Waals surface area contributed by atoms with Gasteiger partial charge in [-0.15, -0.1) is 0 Å². The minimum absolute atomic E-state index is 0.736. The van der Waals surface area contributed by atoms with Gasteiger partial charge in [0.2, 0.25) is 0 Å². The van der Waals surface area contributed by atoms with Crippen molar-refractivity contribution >= 4 is 5.71 Å². The van der Waals surface area contributed by atoms with Gasteiger partial charge in [0.25, 0.3) is 0 Å². The SMILES string of the molecule is c1cc(C2CC2)ccc1C1=NOCC1. The Kier molecular flexibility index (Phi) is 1.79. The summed E-state index contributed by atoms with van der Waals surface area (Å²) in [6, 6.07) is 8.80. The van der Waals surface area contributed by atoms with Crippen molar-refractivity contribution in [3.05, 3.63) is 35.4 Å². The zero-order valence-electron chi connectivity index (χ0n) is 8.07. The van der Waals surface area contributed by atoms with Gasteiger partial charge >= 0.3 is 0 Å². The first-order valence-electron chi connectivity index (χ1n) is 5.22. The Balaban J connectivity index is 1.85. The van der Waals surface area contributed by atoms with E-state index in [0.717, 1.165) is 24.7 Å². The smallest absolute Gasteiger partial charge is 0.122 e. The maximum atomic E-state index is 4.99. The summed E-state index contributed by atoms with van der Waals surface area (Å²) in [7, 11) is 0. The normalized spacial score (nSPS) is 20.4. The Morgan fingerprint density at radius 3 is 2.50 bits per heavy atom. The molecule has 1 heterocycles. The molecule has 1 aliphatic carbocycles. The molecule has 1 aliphatic heterocycles. The standard InChI is InChI=1S/C12H13NO/c1-2-9(1)10-3-5-11(6-4-10)12-7-8-14-13-12/h3-6,9H,1-2,7-8H2. The molecule has 2 nitrogen and oxygen atoms in total. The zero-order chi connectivity index (χ0) is 9.38. The first-order valence-corrected chi connectivity index (χ1v) is 5.22. The highest BCUT2D eigenvalue weighted by atomic mass is 16.6. The van der Waals surface area contributed by atoms with Crippen molar-refractivity contribution < 1.29 is 4.84 Å². The molecule has 1 aromatic carbocycles. The maximum Gasteiger partial charge on any atom is 0.122 e. The van der Waals surface area contributed by atoms with E-state index in [4.69, 9.17) is 4.84 Å². The van der Waals surface area contributed by atoms with Gasteiger partial charge in [0.1, 0.15) is 6.61 Å². The number of hydrogen-bond acceptors (Lipinski definition) is 2. The van der Waals surface area contributed by atoms with Crippen LogP contribution < -0.4 is 0 Å². The number of hydrogen-bond donors (Lipinski definition) is 0. The summed E-state index contributed by atoms with van der Waals surface area (Å²) in [5.41, 5.74) is 3.78. The van der Waals surface area contributed by atoms with E-state index in [9.17, 15) is 0 Å². The molecular weight excluding hydrogens is 174 g/mol. The van der Waals surface area contributed by atoms with Gasteiger partial charge in [-0.2, -0.15) is 0 Å². The average molecular weight is 187 g/mol. The highest BCUT2D eigenvalue weighted by Gasteiger charge is 2.23. The highest BCUT2D eigenvalue weighted by Crippen LogP contribution is 2.39. The van der Waals surface area contributed by atoms with E-state index in [0.29, 0.717) is 0 Å². The predicted molar refractivity (Wildman–Crippen MR) is 55.5 cm³/mol. The topological polar surface area (TPSA) is 21.6 Å². The van der Waals surface area contributed by atoms with E-state index in [1.165, 1.54) is 24.0 Å². The molecule has 0 atom stereocenters. The number of oxime groups is 1. The Labute approximate surface area is 83.6 Å². The summed E-state index contributed by atoms with van der Waals surface area (Å²) in [4.78, 5) is 4.99. The summed E-state index contributed by atoms with van der Waals surface area (Å²) in [5.74, 6) is 0.839. The fraction of sp³-hybridized carbons (Fsp3) is 0.417. The van der Waals surface area contributed by atoms with Crippen LogP contribution in [-0.2, 0) is 4.84 Å². The summed E-state index contributed by atoms with van der Waals surface area (Å²) in [5, 5.41) is 4.01. The third-order valence-electron chi connectivity index (χ3n) is 2.90. The molecule has 0 spiro atoms. The van der Waals surface area contributed by atoms with Crippen LogP contribution in [0.5, 0.6) is 0 Å². The van der Waals surface area contributed by atoms with Gasteiger partial charge < -0.3 is 4.84 Å². The first kappa shape index (κ1) is 8.04. The average Bonchev–Trinajstić information content (AvgIpc) is 2.94. The van der Waals surface area contributed by atoms with E-state index in [2.05, 4.69) is 29.4 Å². The van der Waals surface area contributed by atoms with Gasteiger partial charge in [0.15, 0.2) is 0 Å². The van der Waals surface area contributed by atoms with Gasteiger partial charge in [-0.3, -0.25) is 0 Å². The minimum Gasteiger partial charge on any atom is -0.395 e. The Hall–Kier alpha value is -1.31. The number of rotatable bonds is 2. The van der Waals surface area contributed by atoms with Crippen molar-refractivity contribution in [3.8, 4) is 0 Å². The molecule has 72 valence electrons. The van der Waals surface area contributed by atoms with Crippen LogP contribution in [-0.4, -0.2) is 12.3 Å². The fourth-order valence-corrected chi connectivity index (χ4v) is 1.87. The molecule has 0 aromatic heterocycles. The molecule has 1 saturated carbocycles. The molecule has 0 radical (unpaired) electrons. The second-order valence-corrected chi connectivity index (χ2v) is 4.02. The van der Waals surface area contributed by atoms with Crippen molar-refractivity contribution in [3.63, 3.8) is 0 Å². The Morgan fingerprint density at radius 1 is 1.14 bits per heavy atom. The molecule has 3 rings (SSSR count). The lowest BCUT2D eigenvalue weighted by atomic mass is 10.0. The highest BCUT2D eigenvalue weighted by molar-refractivity contribution is 6.00. The molecule has 0 saturated heterocycles. The van der Waals surface area contributed by atoms with Crippen LogP contribution in [0.2, 0.25) is 0 Å². The van der Waals surface area contributed by atoms with Crippen LogP contribution in [0.25, 0.3) is 0 Å². The Morgan fingerprint density at radius 2 is 1.93 bits per heavy atom. The van der Waals surface area contributed by atoms with Gasteiger partial charge in [-0.25, -0.2) is 0 Å². The van der Waals surface area contributed by atoms with Crippen molar-refractivity contribution in [2.45, 2.75) is 25.2 Å². The molecule has 0 unspecified atom stereocenters. The summed E-state index contributed by atoms with van der Waals surface area (Å²) >= 11 is 0. The van der Waals surface area contributed by atoms with Crippen LogP contribution in [0.3, 0.4) is 0 Å². The van der Waals surface area contributed by atoms with E-state index in [1.807, 2.05) is 0 Å². The second-order valence-electron chi connectivity index (χ2n) is 4.02. The third-order valence-corrected chi connectivity index (χ3v) is 2.90. The van der Waals surface area contributed by atoms with Gasteiger partial charge in [0, 0.05) is 6.42 Å². The van der Waals surface area contributed by atoms with Crippen molar-refractivity contribution in [2.24, 2.45) is 5.16 Å². The molecular formula is C12H13NO. The van der Waals surface area contributed by atoms with Crippen LogP contribution >= 0.6 is 0 Å². The Bertz CT molecular complexity index is 362. The maximum absolute atomic E-state index is 4.99. The molecule has 0 amide bonds. The monoisotopic (exact) mass is 187 g/mol. The third kappa shape index (κ3) is 1.41. The van der Waals surface area contributed by atoms with Crippen LogP contribution in [0, 0.1) is 0 Å². The molecule has 1 fully saturated rings. The lowest BCUT2D eigenvalue weighted by molar-refractivity contribution is 0.174. The molecule has 2 aliphatic rings. The fourth-order valence-electron chi connectivity index (χ4n) is 1.87. The van der Waals surface area contributed by atoms with Crippen molar-refractivity contribution in [2.75, 3.05) is 6.61 Å². The largest absolute Gasteiger partial charge is 0.395 e. The molecule has 14 heavy (non-hydrogen) atoms. The quantitative estimate of drug-likeness (QED) is 0.697. The summed E-state index contributed by atoms with van der Waals surface area (Å²) in [6.45, 7) is 0.736. The first-order chi connectivity index (χ1) is 6.93. The van der Waals surface area contributed by atoms with Gasteiger partial charge in [0.05, 0.1) is 5.71 Å². The van der Waals surface area contributed by atoms with Gasteiger partial charge in [-0.05, 0) is 29.9 Å². The van der Waals surface area contributed by atoms with E-state index in [1.54, 1.807) is 0 Å². The van der Waals surface area contributed by atoms with Crippen LogP contribution in [0.4, 0.5) is 0 Å². The number of benzene rings is 1. The predicted octanol–water partition coefficient (Wildman–Crippen LogP) is 2.69. The zero-order valence-corrected chi connectivity index (χ0v) is 8.07. The molecule has 1 aromatic rings. The van der Waals surface area contributed by atoms with Crippen LogP contribution in [0.15, 0.2) is 29.4 Å². The van der Waals surface area contributed by atoms with Crippen LogP contribution in [0.1, 0.15) is 36.3 Å². The van der Waals surface area contributed by atoms with Gasteiger partial charge in [-0.1, -0.05) is 29.4 Å². The van der Waals surface area contributed by atoms with Crippen molar-refractivity contribution in [1.82, 2.24) is 0 Å². The van der Waals surface area contributed by atoms with Crippen molar-refractivity contribution in [1.29, 1.82) is 0 Å². The molecule has 0 bridgehead atoms. The minimum atomic E-state index is 0.736. The van der Waals surface area contributed by atoms with E-state index in [-0.39, 0.29) is 0 Å². The summed E-state index contributed by atoms with van der Waals surface area (Å²) < 4.78 is 0. The number of nitrogens with zero attached hydrogens (tertiary/aromatic N) is 1. The lowest BCUT2D eigenvalue weighted by Crippen LogP contribution is -1.96. The molecule has 2 heteroatoms. The van der Waals surface area contributed by atoms with E-state index >= 15 is 0 Å². The lowest BCUT2D eigenvalue weighted by Gasteiger charge is -2.00.